The summed E-state index contributed by atoms with van der Waals surface area (Å²) in [5.74, 6) is 3.20. The summed E-state index contributed by atoms with van der Waals surface area (Å²) in [4.78, 5) is 10.7. The van der Waals surface area contributed by atoms with Gasteiger partial charge in [-0.3, -0.25) is 4.90 Å². The van der Waals surface area contributed by atoms with Crippen molar-refractivity contribution >= 4 is 0 Å². The predicted octanol–water partition coefficient (Wildman–Crippen LogP) is 1.15. The van der Waals surface area contributed by atoms with Crippen molar-refractivity contribution in [3.8, 4) is 0 Å². The molecular weight excluding hydrogens is 274 g/mol. The number of hydrogen-bond donors (Lipinski definition) is 0. The summed E-state index contributed by atoms with van der Waals surface area (Å²) in [7, 11) is 3.59. The van der Waals surface area contributed by atoms with Crippen LogP contribution in [0.15, 0.2) is 9.05 Å². The molecule has 8 heteroatoms. The minimum absolute atomic E-state index is 0.507. The fourth-order valence-corrected chi connectivity index (χ4v) is 2.01. The lowest BCUT2D eigenvalue weighted by Gasteiger charge is -2.10. The Labute approximate surface area is 122 Å². The number of methoxy groups -OCH3 is 1. The second kappa shape index (κ2) is 6.31. The van der Waals surface area contributed by atoms with Crippen molar-refractivity contribution < 1.29 is 13.8 Å². The van der Waals surface area contributed by atoms with E-state index in [0.717, 1.165) is 5.82 Å². The van der Waals surface area contributed by atoms with E-state index < -0.39 is 0 Å². The molecule has 2 heterocycles. The molecule has 1 fully saturated rings. The van der Waals surface area contributed by atoms with Crippen LogP contribution in [0.2, 0.25) is 0 Å². The van der Waals surface area contributed by atoms with E-state index in [1.165, 1.54) is 12.8 Å². The van der Waals surface area contributed by atoms with Crippen molar-refractivity contribution in [1.82, 2.24) is 25.2 Å². The number of rotatable bonds is 8. The molecule has 2 aromatic rings. The van der Waals surface area contributed by atoms with Crippen LogP contribution in [0.3, 0.4) is 0 Å². The maximum absolute atomic E-state index is 5.25. The standard InChI is InChI=1S/C13H19N5O3/c1-18(7-11-14-10(16-20-11)5-6-19-2)8-12-15-13(17-21-12)9-3-4-9/h9H,3-8H2,1-2H3. The lowest BCUT2D eigenvalue weighted by molar-refractivity contribution is 0.199. The maximum Gasteiger partial charge on any atom is 0.240 e. The number of aromatic nitrogens is 4. The van der Waals surface area contributed by atoms with Gasteiger partial charge in [-0.2, -0.15) is 9.97 Å². The van der Waals surface area contributed by atoms with Crippen LogP contribution >= 0.6 is 0 Å². The summed E-state index contributed by atoms with van der Waals surface area (Å²) in [6.07, 6.45) is 2.99. The van der Waals surface area contributed by atoms with Crippen LogP contribution in [0.4, 0.5) is 0 Å². The van der Waals surface area contributed by atoms with Crippen molar-refractivity contribution in [3.05, 3.63) is 23.4 Å². The summed E-state index contributed by atoms with van der Waals surface area (Å²) in [6.45, 7) is 1.69. The van der Waals surface area contributed by atoms with Gasteiger partial charge in [0.15, 0.2) is 11.6 Å². The predicted molar refractivity (Wildman–Crippen MR) is 71.3 cm³/mol. The van der Waals surface area contributed by atoms with E-state index in [2.05, 4.69) is 20.3 Å². The Morgan fingerprint density at radius 3 is 2.57 bits per heavy atom. The zero-order valence-electron chi connectivity index (χ0n) is 12.3. The van der Waals surface area contributed by atoms with Gasteiger partial charge >= 0.3 is 0 Å². The zero-order chi connectivity index (χ0) is 14.7. The highest BCUT2D eigenvalue weighted by atomic mass is 16.5. The van der Waals surface area contributed by atoms with Crippen LogP contribution < -0.4 is 0 Å². The molecule has 0 spiro atoms. The fraction of sp³-hybridized carbons (Fsp3) is 0.692. The van der Waals surface area contributed by atoms with Crippen molar-refractivity contribution in [3.63, 3.8) is 0 Å². The molecule has 2 aromatic heterocycles. The van der Waals surface area contributed by atoms with Crippen molar-refractivity contribution in [2.45, 2.75) is 38.3 Å². The molecule has 0 atom stereocenters. The molecule has 0 radical (unpaired) electrons. The van der Waals surface area contributed by atoms with Gasteiger partial charge in [-0.15, -0.1) is 0 Å². The summed E-state index contributed by atoms with van der Waals surface area (Å²) < 4.78 is 15.4. The van der Waals surface area contributed by atoms with Crippen LogP contribution in [-0.4, -0.2) is 45.9 Å². The van der Waals surface area contributed by atoms with Crippen molar-refractivity contribution in [2.24, 2.45) is 0 Å². The van der Waals surface area contributed by atoms with Crippen LogP contribution in [0.1, 0.15) is 42.2 Å². The average Bonchev–Trinajstić information content (AvgIpc) is 3.06. The summed E-state index contributed by atoms with van der Waals surface area (Å²) in [5.41, 5.74) is 0. The molecule has 8 nitrogen and oxygen atoms in total. The maximum atomic E-state index is 5.25. The molecule has 114 valence electrons. The SMILES string of the molecule is COCCc1noc(CN(C)Cc2nc(C3CC3)no2)n1. The van der Waals surface area contributed by atoms with Gasteiger partial charge in [0.2, 0.25) is 11.8 Å². The Kier molecular flexibility index (Phi) is 4.26. The topological polar surface area (TPSA) is 90.3 Å². The third kappa shape index (κ3) is 3.85. The van der Waals surface area contributed by atoms with Gasteiger partial charge in [0.1, 0.15) is 0 Å². The van der Waals surface area contributed by atoms with Gasteiger partial charge in [0.25, 0.3) is 0 Å². The average molecular weight is 293 g/mol. The highest BCUT2D eigenvalue weighted by molar-refractivity contribution is 5.03. The van der Waals surface area contributed by atoms with E-state index in [0.29, 0.717) is 49.6 Å². The monoisotopic (exact) mass is 293 g/mol. The van der Waals surface area contributed by atoms with Gasteiger partial charge in [0, 0.05) is 19.4 Å². The molecule has 3 rings (SSSR count). The first kappa shape index (κ1) is 14.2. The second-order valence-corrected chi connectivity index (χ2v) is 5.34. The molecule has 1 aliphatic carbocycles. The molecule has 1 saturated carbocycles. The first-order valence-corrected chi connectivity index (χ1v) is 7.06. The quantitative estimate of drug-likeness (QED) is 0.716. The second-order valence-electron chi connectivity index (χ2n) is 5.34. The minimum atomic E-state index is 0.507. The number of nitrogens with zero attached hydrogens (tertiary/aromatic N) is 5. The summed E-state index contributed by atoms with van der Waals surface area (Å²) in [6, 6.07) is 0. The van der Waals surface area contributed by atoms with E-state index in [1.54, 1.807) is 7.11 Å². The molecule has 0 amide bonds. The van der Waals surface area contributed by atoms with E-state index >= 15 is 0 Å². The summed E-state index contributed by atoms with van der Waals surface area (Å²) in [5, 5.41) is 7.90. The molecule has 0 saturated heterocycles. The van der Waals surface area contributed by atoms with Gasteiger partial charge in [-0.1, -0.05) is 10.3 Å². The normalized spacial score (nSPS) is 15.0. The number of hydrogen-bond acceptors (Lipinski definition) is 8. The van der Waals surface area contributed by atoms with Gasteiger partial charge in [0.05, 0.1) is 19.7 Å². The first-order valence-electron chi connectivity index (χ1n) is 7.06. The van der Waals surface area contributed by atoms with E-state index in [1.807, 2.05) is 11.9 Å². The third-order valence-corrected chi connectivity index (χ3v) is 3.28. The highest BCUT2D eigenvalue weighted by Gasteiger charge is 2.28. The number of ether oxygens (including phenoxy) is 1. The van der Waals surface area contributed by atoms with Crippen LogP contribution in [-0.2, 0) is 24.2 Å². The summed E-state index contributed by atoms with van der Waals surface area (Å²) >= 11 is 0. The van der Waals surface area contributed by atoms with Crippen LogP contribution in [0, 0.1) is 0 Å². The molecule has 0 bridgehead atoms. The lowest BCUT2D eigenvalue weighted by Crippen LogP contribution is -2.17. The van der Waals surface area contributed by atoms with Gasteiger partial charge < -0.3 is 13.8 Å². The Bertz CT molecular complexity index is 578. The van der Waals surface area contributed by atoms with E-state index in [-0.39, 0.29) is 0 Å². The molecule has 0 N–H and O–H groups in total. The molecule has 0 unspecified atom stereocenters. The van der Waals surface area contributed by atoms with Crippen molar-refractivity contribution in [2.75, 3.05) is 20.8 Å². The fourth-order valence-electron chi connectivity index (χ4n) is 2.01. The molecule has 0 aliphatic heterocycles. The molecule has 0 aromatic carbocycles. The zero-order valence-corrected chi connectivity index (χ0v) is 12.3. The molecular formula is C13H19N5O3. The smallest absolute Gasteiger partial charge is 0.240 e. The Morgan fingerprint density at radius 2 is 1.86 bits per heavy atom. The molecule has 1 aliphatic rings. The molecule has 21 heavy (non-hydrogen) atoms. The highest BCUT2D eigenvalue weighted by Crippen LogP contribution is 2.38. The Hall–Kier alpha value is -1.80. The third-order valence-electron chi connectivity index (χ3n) is 3.28. The van der Waals surface area contributed by atoms with Gasteiger partial charge in [-0.25, -0.2) is 0 Å². The largest absolute Gasteiger partial charge is 0.384 e. The minimum Gasteiger partial charge on any atom is -0.384 e. The van der Waals surface area contributed by atoms with Crippen LogP contribution in [0.5, 0.6) is 0 Å². The van der Waals surface area contributed by atoms with E-state index in [4.69, 9.17) is 13.8 Å². The lowest BCUT2D eigenvalue weighted by atomic mass is 10.4. The Morgan fingerprint density at radius 1 is 1.14 bits per heavy atom. The first-order chi connectivity index (χ1) is 10.2. The van der Waals surface area contributed by atoms with Gasteiger partial charge in [-0.05, 0) is 19.9 Å². The van der Waals surface area contributed by atoms with E-state index in [9.17, 15) is 0 Å². The van der Waals surface area contributed by atoms with Crippen molar-refractivity contribution in [1.29, 1.82) is 0 Å². The van der Waals surface area contributed by atoms with Crippen LogP contribution in [0.25, 0.3) is 0 Å². The Balaban J connectivity index is 1.50.